The van der Waals surface area contributed by atoms with E-state index in [-0.39, 0.29) is 17.6 Å². The normalized spacial score (nSPS) is 17.8. The molecule has 2 amide bonds. The molecule has 0 radical (unpaired) electrons. The summed E-state index contributed by atoms with van der Waals surface area (Å²) in [5.41, 5.74) is 1.45. The van der Waals surface area contributed by atoms with Crippen LogP contribution in [-0.2, 0) is 11.3 Å². The van der Waals surface area contributed by atoms with E-state index in [1.807, 2.05) is 5.38 Å². The van der Waals surface area contributed by atoms with E-state index in [0.717, 1.165) is 5.56 Å². The third-order valence-electron chi connectivity index (χ3n) is 3.67. The molecule has 1 saturated heterocycles. The molecule has 114 valence electrons. The number of benzene rings is 1. The van der Waals surface area contributed by atoms with Crippen molar-refractivity contribution in [2.24, 2.45) is 0 Å². The Morgan fingerprint density at radius 2 is 2.09 bits per heavy atom. The minimum Gasteiger partial charge on any atom is -0.340 e. The van der Waals surface area contributed by atoms with E-state index in [1.54, 1.807) is 28.5 Å². The second-order valence-electron chi connectivity index (χ2n) is 5.21. The fraction of sp³-hybridized carbons (Fsp3) is 0.250. The Balaban J connectivity index is 1.60. The summed E-state index contributed by atoms with van der Waals surface area (Å²) < 4.78 is 12.9. The molecule has 1 aliphatic heterocycles. The van der Waals surface area contributed by atoms with Crippen LogP contribution >= 0.6 is 11.3 Å². The van der Waals surface area contributed by atoms with Crippen LogP contribution in [-0.4, -0.2) is 29.3 Å². The van der Waals surface area contributed by atoms with Gasteiger partial charge in [0, 0.05) is 18.5 Å². The van der Waals surface area contributed by atoms with E-state index in [4.69, 9.17) is 0 Å². The molecule has 22 heavy (non-hydrogen) atoms. The van der Waals surface area contributed by atoms with Crippen LogP contribution in [0.15, 0.2) is 41.1 Å². The predicted molar refractivity (Wildman–Crippen MR) is 82.0 cm³/mol. The molecule has 3 rings (SSSR count). The van der Waals surface area contributed by atoms with Gasteiger partial charge in [-0.05, 0) is 35.6 Å². The molecule has 2 aromatic rings. The maximum atomic E-state index is 12.9. The number of carbonyl (C=O) groups is 2. The summed E-state index contributed by atoms with van der Waals surface area (Å²) in [5, 5.41) is 6.35. The number of rotatable bonds is 4. The van der Waals surface area contributed by atoms with Crippen molar-refractivity contribution >= 4 is 23.2 Å². The zero-order chi connectivity index (χ0) is 15.5. The van der Waals surface area contributed by atoms with Gasteiger partial charge in [-0.3, -0.25) is 9.59 Å². The summed E-state index contributed by atoms with van der Waals surface area (Å²) in [5.74, 6) is -0.603. The molecule has 0 bridgehead atoms. The first kappa shape index (κ1) is 14.7. The molecule has 0 spiro atoms. The predicted octanol–water partition coefficient (Wildman–Crippen LogP) is 2.42. The van der Waals surface area contributed by atoms with Crippen LogP contribution in [0.25, 0.3) is 0 Å². The van der Waals surface area contributed by atoms with Crippen molar-refractivity contribution in [2.75, 3.05) is 6.54 Å². The van der Waals surface area contributed by atoms with Crippen LogP contribution in [0.1, 0.15) is 22.3 Å². The molecule has 1 N–H and O–H groups in total. The van der Waals surface area contributed by atoms with Crippen molar-refractivity contribution in [2.45, 2.75) is 19.0 Å². The number of halogens is 1. The van der Waals surface area contributed by atoms with Gasteiger partial charge in [0.2, 0.25) is 5.91 Å². The number of likely N-dealkylation sites (tertiary alicyclic amines) is 1. The molecule has 1 unspecified atom stereocenters. The van der Waals surface area contributed by atoms with Crippen molar-refractivity contribution in [1.82, 2.24) is 10.2 Å². The van der Waals surface area contributed by atoms with Gasteiger partial charge in [-0.15, -0.1) is 0 Å². The van der Waals surface area contributed by atoms with Gasteiger partial charge in [-0.2, -0.15) is 11.3 Å². The monoisotopic (exact) mass is 318 g/mol. The Morgan fingerprint density at radius 1 is 1.32 bits per heavy atom. The van der Waals surface area contributed by atoms with Gasteiger partial charge in [-0.25, -0.2) is 4.39 Å². The highest BCUT2D eigenvalue weighted by atomic mass is 32.1. The smallest absolute Gasteiger partial charge is 0.252 e. The van der Waals surface area contributed by atoms with Gasteiger partial charge in [0.15, 0.2) is 0 Å². The van der Waals surface area contributed by atoms with Gasteiger partial charge in [-0.1, -0.05) is 12.1 Å². The average Bonchev–Trinajstić information content (AvgIpc) is 3.15. The zero-order valence-corrected chi connectivity index (χ0v) is 12.6. The highest BCUT2D eigenvalue weighted by Gasteiger charge is 2.32. The SMILES string of the molecule is O=C(NC1CCN(Cc2ccc(F)cc2)C1=O)c1ccsc1. The van der Waals surface area contributed by atoms with Crippen molar-refractivity contribution in [3.05, 3.63) is 58.0 Å². The lowest BCUT2D eigenvalue weighted by atomic mass is 10.2. The molecular weight excluding hydrogens is 303 g/mol. The van der Waals surface area contributed by atoms with Crippen molar-refractivity contribution in [3.8, 4) is 0 Å². The molecule has 6 heteroatoms. The topological polar surface area (TPSA) is 49.4 Å². The molecular formula is C16H15FN2O2S. The van der Waals surface area contributed by atoms with Gasteiger partial charge < -0.3 is 10.2 Å². The zero-order valence-electron chi connectivity index (χ0n) is 11.8. The number of amides is 2. The second-order valence-corrected chi connectivity index (χ2v) is 5.99. The molecule has 2 heterocycles. The summed E-state index contributed by atoms with van der Waals surface area (Å²) in [6.45, 7) is 1.02. The largest absolute Gasteiger partial charge is 0.340 e. The Labute approximate surface area is 131 Å². The first-order chi connectivity index (χ1) is 10.6. The van der Waals surface area contributed by atoms with Gasteiger partial charge >= 0.3 is 0 Å². The van der Waals surface area contributed by atoms with E-state index in [2.05, 4.69) is 5.32 Å². The van der Waals surface area contributed by atoms with E-state index < -0.39 is 6.04 Å². The Hall–Kier alpha value is -2.21. The third kappa shape index (κ3) is 3.17. The van der Waals surface area contributed by atoms with Gasteiger partial charge in [0.05, 0.1) is 5.56 Å². The second kappa shape index (κ2) is 6.27. The minimum absolute atomic E-state index is 0.0899. The maximum Gasteiger partial charge on any atom is 0.252 e. The van der Waals surface area contributed by atoms with Crippen molar-refractivity contribution < 1.29 is 14.0 Å². The van der Waals surface area contributed by atoms with E-state index in [0.29, 0.717) is 25.1 Å². The van der Waals surface area contributed by atoms with Crippen LogP contribution < -0.4 is 5.32 Å². The molecule has 1 aromatic heterocycles. The quantitative estimate of drug-likeness (QED) is 0.941. The summed E-state index contributed by atoms with van der Waals surface area (Å²) in [7, 11) is 0. The molecule has 0 aliphatic carbocycles. The lowest BCUT2D eigenvalue weighted by Crippen LogP contribution is -2.41. The summed E-state index contributed by atoms with van der Waals surface area (Å²) >= 11 is 1.44. The Morgan fingerprint density at radius 3 is 2.77 bits per heavy atom. The van der Waals surface area contributed by atoms with Gasteiger partial charge in [0.1, 0.15) is 11.9 Å². The van der Waals surface area contributed by atoms with Crippen LogP contribution in [0.3, 0.4) is 0 Å². The van der Waals surface area contributed by atoms with Crippen LogP contribution in [0, 0.1) is 5.82 Å². The summed E-state index contributed by atoms with van der Waals surface area (Å²) in [6.07, 6.45) is 0.593. The van der Waals surface area contributed by atoms with E-state index in [1.165, 1.54) is 23.5 Å². The third-order valence-corrected chi connectivity index (χ3v) is 4.36. The number of nitrogens with zero attached hydrogens (tertiary/aromatic N) is 1. The average molecular weight is 318 g/mol. The minimum atomic E-state index is -0.479. The first-order valence-electron chi connectivity index (χ1n) is 7.00. The number of hydrogen-bond acceptors (Lipinski definition) is 3. The van der Waals surface area contributed by atoms with E-state index >= 15 is 0 Å². The van der Waals surface area contributed by atoms with Crippen molar-refractivity contribution in [1.29, 1.82) is 0 Å². The molecule has 0 saturated carbocycles. The number of nitrogens with one attached hydrogen (secondary N) is 1. The van der Waals surface area contributed by atoms with Crippen LogP contribution in [0.5, 0.6) is 0 Å². The summed E-state index contributed by atoms with van der Waals surface area (Å²) in [4.78, 5) is 26.0. The van der Waals surface area contributed by atoms with Crippen LogP contribution in [0.4, 0.5) is 4.39 Å². The molecule has 1 fully saturated rings. The summed E-state index contributed by atoms with van der Waals surface area (Å²) in [6, 6.07) is 7.35. The highest BCUT2D eigenvalue weighted by Crippen LogP contribution is 2.16. The number of carbonyl (C=O) groups excluding carboxylic acids is 2. The molecule has 4 nitrogen and oxygen atoms in total. The fourth-order valence-electron chi connectivity index (χ4n) is 2.48. The van der Waals surface area contributed by atoms with Gasteiger partial charge in [0.25, 0.3) is 5.91 Å². The first-order valence-corrected chi connectivity index (χ1v) is 7.94. The fourth-order valence-corrected chi connectivity index (χ4v) is 3.11. The van der Waals surface area contributed by atoms with E-state index in [9.17, 15) is 14.0 Å². The van der Waals surface area contributed by atoms with Crippen LogP contribution in [0.2, 0.25) is 0 Å². The standard InChI is InChI=1S/C16H15FN2O2S/c17-13-3-1-11(2-4-13)9-19-7-5-14(16(19)21)18-15(20)12-6-8-22-10-12/h1-4,6,8,10,14H,5,7,9H2,(H,18,20). The lowest BCUT2D eigenvalue weighted by molar-refractivity contribution is -0.129. The molecule has 1 atom stereocenters. The molecule has 1 aromatic carbocycles. The highest BCUT2D eigenvalue weighted by molar-refractivity contribution is 7.08. The maximum absolute atomic E-state index is 12.9. The lowest BCUT2D eigenvalue weighted by Gasteiger charge is -2.17. The van der Waals surface area contributed by atoms with Crippen molar-refractivity contribution in [3.63, 3.8) is 0 Å². The number of thiophene rings is 1. The Bertz CT molecular complexity index is 670. The Kier molecular flexibility index (Phi) is 4.20. The molecule has 1 aliphatic rings. The number of hydrogen-bond donors (Lipinski definition) is 1.